The zero-order valence-corrected chi connectivity index (χ0v) is 8.56. The van der Waals surface area contributed by atoms with E-state index >= 15 is 0 Å². The highest BCUT2D eigenvalue weighted by Crippen LogP contribution is 2.27. The van der Waals surface area contributed by atoms with Crippen LogP contribution in [0.2, 0.25) is 5.02 Å². The maximum atomic E-state index is 5.97. The molecule has 1 fully saturated rings. The van der Waals surface area contributed by atoms with E-state index in [9.17, 15) is 0 Å². The van der Waals surface area contributed by atoms with Crippen molar-refractivity contribution in [3.8, 4) is 0 Å². The van der Waals surface area contributed by atoms with Gasteiger partial charge in [-0.3, -0.25) is 0 Å². The molecule has 1 unspecified atom stereocenters. The van der Waals surface area contributed by atoms with Crippen LogP contribution in [0.1, 0.15) is 23.5 Å². The molecular weight excluding hydrogens is 182 g/mol. The Labute approximate surface area is 84.1 Å². The molecule has 0 bridgehead atoms. The Morgan fingerprint density at radius 3 is 3.00 bits per heavy atom. The van der Waals surface area contributed by atoms with Crippen LogP contribution >= 0.6 is 11.6 Å². The fourth-order valence-electron chi connectivity index (χ4n) is 1.97. The molecule has 0 radical (unpaired) electrons. The second-order valence-corrected chi connectivity index (χ2v) is 4.13. The van der Waals surface area contributed by atoms with Crippen molar-refractivity contribution < 1.29 is 0 Å². The molecule has 1 N–H and O–H groups in total. The molecule has 1 saturated heterocycles. The molecule has 1 aromatic rings. The largest absolute Gasteiger partial charge is 0.316 e. The Bertz CT molecular complexity index is 303. The van der Waals surface area contributed by atoms with Crippen LogP contribution in [0, 0.1) is 6.92 Å². The second kappa shape index (κ2) is 3.69. The van der Waals surface area contributed by atoms with Crippen LogP contribution in [0.25, 0.3) is 0 Å². The molecule has 1 atom stereocenters. The first kappa shape index (κ1) is 9.04. The van der Waals surface area contributed by atoms with E-state index in [1.165, 1.54) is 17.5 Å². The SMILES string of the molecule is Cc1ccc(Cl)cc1C1CCNC1. The maximum absolute atomic E-state index is 5.97. The Morgan fingerprint density at radius 1 is 1.46 bits per heavy atom. The van der Waals surface area contributed by atoms with Crippen molar-refractivity contribution >= 4 is 11.6 Å². The van der Waals surface area contributed by atoms with Crippen molar-refractivity contribution in [1.29, 1.82) is 0 Å². The number of aryl methyl sites for hydroxylation is 1. The molecule has 0 aromatic heterocycles. The van der Waals surface area contributed by atoms with Crippen LogP contribution in [-0.4, -0.2) is 13.1 Å². The fraction of sp³-hybridized carbons (Fsp3) is 0.455. The summed E-state index contributed by atoms with van der Waals surface area (Å²) in [5, 5.41) is 4.23. The van der Waals surface area contributed by atoms with Gasteiger partial charge >= 0.3 is 0 Å². The summed E-state index contributed by atoms with van der Waals surface area (Å²) < 4.78 is 0. The first-order valence-corrected chi connectivity index (χ1v) is 5.12. The van der Waals surface area contributed by atoms with Gasteiger partial charge in [-0.05, 0) is 49.1 Å². The number of nitrogens with one attached hydrogen (secondary N) is 1. The van der Waals surface area contributed by atoms with Gasteiger partial charge in [-0.2, -0.15) is 0 Å². The molecule has 1 aliphatic rings. The van der Waals surface area contributed by atoms with Crippen LogP contribution in [-0.2, 0) is 0 Å². The highest BCUT2D eigenvalue weighted by molar-refractivity contribution is 6.30. The van der Waals surface area contributed by atoms with Gasteiger partial charge in [0.2, 0.25) is 0 Å². The van der Waals surface area contributed by atoms with Crippen molar-refractivity contribution in [3.63, 3.8) is 0 Å². The summed E-state index contributed by atoms with van der Waals surface area (Å²) in [4.78, 5) is 0. The van der Waals surface area contributed by atoms with Gasteiger partial charge in [0.1, 0.15) is 0 Å². The average molecular weight is 196 g/mol. The zero-order valence-electron chi connectivity index (χ0n) is 7.81. The van der Waals surface area contributed by atoms with Crippen LogP contribution in [0.5, 0.6) is 0 Å². The monoisotopic (exact) mass is 195 g/mol. The molecule has 0 amide bonds. The molecule has 1 heterocycles. The third-order valence-electron chi connectivity index (χ3n) is 2.74. The molecule has 70 valence electrons. The van der Waals surface area contributed by atoms with Crippen molar-refractivity contribution in [2.45, 2.75) is 19.3 Å². The minimum absolute atomic E-state index is 0.665. The lowest BCUT2D eigenvalue weighted by atomic mass is 9.94. The quantitative estimate of drug-likeness (QED) is 0.727. The molecule has 1 aromatic carbocycles. The summed E-state index contributed by atoms with van der Waals surface area (Å²) >= 11 is 5.97. The van der Waals surface area contributed by atoms with E-state index in [1.54, 1.807) is 0 Å². The van der Waals surface area contributed by atoms with Gasteiger partial charge in [0.25, 0.3) is 0 Å². The van der Waals surface area contributed by atoms with Crippen molar-refractivity contribution in [2.24, 2.45) is 0 Å². The number of hydrogen-bond acceptors (Lipinski definition) is 1. The van der Waals surface area contributed by atoms with E-state index in [-0.39, 0.29) is 0 Å². The minimum atomic E-state index is 0.665. The van der Waals surface area contributed by atoms with Gasteiger partial charge < -0.3 is 5.32 Å². The predicted octanol–water partition coefficient (Wildman–Crippen LogP) is 2.73. The molecule has 1 aliphatic heterocycles. The maximum Gasteiger partial charge on any atom is 0.0409 e. The third-order valence-corrected chi connectivity index (χ3v) is 2.98. The van der Waals surface area contributed by atoms with Crippen LogP contribution in [0.15, 0.2) is 18.2 Å². The van der Waals surface area contributed by atoms with Crippen molar-refractivity contribution in [2.75, 3.05) is 13.1 Å². The van der Waals surface area contributed by atoms with E-state index in [1.807, 2.05) is 6.07 Å². The lowest BCUT2D eigenvalue weighted by molar-refractivity contribution is 0.757. The van der Waals surface area contributed by atoms with Gasteiger partial charge in [0, 0.05) is 11.6 Å². The van der Waals surface area contributed by atoms with E-state index in [0.29, 0.717) is 5.92 Å². The van der Waals surface area contributed by atoms with Gasteiger partial charge in [0.05, 0.1) is 0 Å². The first-order valence-electron chi connectivity index (χ1n) is 4.74. The summed E-state index contributed by atoms with van der Waals surface area (Å²) in [6.07, 6.45) is 1.24. The third kappa shape index (κ3) is 1.87. The van der Waals surface area contributed by atoms with Crippen molar-refractivity contribution in [1.82, 2.24) is 5.32 Å². The number of halogens is 1. The Morgan fingerprint density at radius 2 is 2.31 bits per heavy atom. The molecule has 0 spiro atoms. The Kier molecular flexibility index (Phi) is 2.56. The van der Waals surface area contributed by atoms with E-state index < -0.39 is 0 Å². The van der Waals surface area contributed by atoms with Crippen LogP contribution in [0.3, 0.4) is 0 Å². The second-order valence-electron chi connectivity index (χ2n) is 3.69. The predicted molar refractivity (Wildman–Crippen MR) is 56.4 cm³/mol. The summed E-state index contributed by atoms with van der Waals surface area (Å²) in [6.45, 7) is 4.39. The van der Waals surface area contributed by atoms with E-state index in [4.69, 9.17) is 11.6 Å². The number of hydrogen-bond donors (Lipinski definition) is 1. The topological polar surface area (TPSA) is 12.0 Å². The molecule has 2 heteroatoms. The van der Waals surface area contributed by atoms with Crippen LogP contribution < -0.4 is 5.32 Å². The number of rotatable bonds is 1. The molecule has 13 heavy (non-hydrogen) atoms. The zero-order chi connectivity index (χ0) is 9.26. The Balaban J connectivity index is 2.32. The highest BCUT2D eigenvalue weighted by atomic mass is 35.5. The van der Waals surface area contributed by atoms with E-state index in [0.717, 1.165) is 18.1 Å². The summed E-state index contributed by atoms with van der Waals surface area (Å²) in [5.41, 5.74) is 2.77. The summed E-state index contributed by atoms with van der Waals surface area (Å²) in [5.74, 6) is 0.665. The standard InChI is InChI=1S/C11H14ClN/c1-8-2-3-10(12)6-11(8)9-4-5-13-7-9/h2-3,6,9,13H,4-5,7H2,1H3. The number of benzene rings is 1. The fourth-order valence-corrected chi connectivity index (χ4v) is 2.15. The normalized spacial score (nSPS) is 22.2. The molecular formula is C11H14ClN. The lowest BCUT2D eigenvalue weighted by Crippen LogP contribution is -2.08. The smallest absolute Gasteiger partial charge is 0.0409 e. The van der Waals surface area contributed by atoms with Gasteiger partial charge in [-0.15, -0.1) is 0 Å². The van der Waals surface area contributed by atoms with E-state index in [2.05, 4.69) is 24.4 Å². The van der Waals surface area contributed by atoms with Crippen LogP contribution in [0.4, 0.5) is 0 Å². The molecule has 0 aliphatic carbocycles. The van der Waals surface area contributed by atoms with Crippen molar-refractivity contribution in [3.05, 3.63) is 34.3 Å². The average Bonchev–Trinajstić information content (AvgIpc) is 2.61. The van der Waals surface area contributed by atoms with Gasteiger partial charge in [-0.1, -0.05) is 17.7 Å². The first-order chi connectivity index (χ1) is 6.27. The molecule has 0 saturated carbocycles. The minimum Gasteiger partial charge on any atom is -0.316 e. The molecule has 2 rings (SSSR count). The van der Waals surface area contributed by atoms with Gasteiger partial charge in [-0.25, -0.2) is 0 Å². The lowest BCUT2D eigenvalue weighted by Gasteiger charge is -2.12. The highest BCUT2D eigenvalue weighted by Gasteiger charge is 2.18. The summed E-state index contributed by atoms with van der Waals surface area (Å²) in [7, 11) is 0. The Hall–Kier alpha value is -0.530. The summed E-state index contributed by atoms with van der Waals surface area (Å²) in [6, 6.07) is 6.17. The van der Waals surface area contributed by atoms with Gasteiger partial charge in [0.15, 0.2) is 0 Å². The molecule has 1 nitrogen and oxygen atoms in total.